The van der Waals surface area contributed by atoms with Crippen molar-refractivity contribution in [2.24, 2.45) is 0 Å². The molecule has 0 aromatic rings. The molecule has 0 aromatic heterocycles. The molecule has 2 rings (SSSR count). The summed E-state index contributed by atoms with van der Waals surface area (Å²) in [5.74, 6) is -0.125. The minimum Gasteiger partial charge on any atom is -0.394 e. The molecule has 2 aliphatic heterocycles. The van der Waals surface area contributed by atoms with Gasteiger partial charge in [-0.3, -0.25) is 9.59 Å². The highest BCUT2D eigenvalue weighted by molar-refractivity contribution is 6.03. The van der Waals surface area contributed by atoms with Crippen molar-refractivity contribution < 1.29 is 9.59 Å². The van der Waals surface area contributed by atoms with Gasteiger partial charge >= 0.3 is 0 Å². The third-order valence-electron chi connectivity index (χ3n) is 4.11. The Labute approximate surface area is 143 Å². The Hall–Kier alpha value is -2.82. The molecule has 5 nitrogen and oxygen atoms in total. The molecule has 2 saturated heterocycles. The first-order valence-electron chi connectivity index (χ1n) is 7.79. The van der Waals surface area contributed by atoms with Gasteiger partial charge in [0.15, 0.2) is 0 Å². The topological polar surface area (TPSA) is 52.7 Å². The van der Waals surface area contributed by atoms with Crippen molar-refractivity contribution >= 4 is 11.8 Å². The minimum atomic E-state index is -0.0642. The molecule has 0 bridgehead atoms. The Morgan fingerprint density at radius 3 is 2.25 bits per heavy atom. The van der Waals surface area contributed by atoms with E-state index < -0.39 is 0 Å². The van der Waals surface area contributed by atoms with Crippen LogP contribution in [0.3, 0.4) is 0 Å². The minimum absolute atomic E-state index is 0.0610. The van der Waals surface area contributed by atoms with E-state index in [2.05, 4.69) is 11.9 Å². The fraction of sp³-hybridized carbons (Fsp3) is 0.263. The number of nitrogens with one attached hydrogen (secondary N) is 1. The van der Waals surface area contributed by atoms with E-state index in [4.69, 9.17) is 0 Å². The van der Waals surface area contributed by atoms with Gasteiger partial charge in [0.2, 0.25) is 0 Å². The monoisotopic (exact) mass is 325 g/mol. The fourth-order valence-corrected chi connectivity index (χ4v) is 2.64. The maximum Gasteiger partial charge on any atom is 0.255 e. The number of likely N-dealkylation sites (tertiary alicyclic amines) is 2. The highest BCUT2D eigenvalue weighted by Gasteiger charge is 2.36. The SMILES string of the molecule is C=C1C/C(=C2\C\C(=C/C=C/C=C/C=C/NC)C(=O)N2C)C(=O)N1C. The zero-order chi connectivity index (χ0) is 17.7. The molecular formula is C19H23N3O2. The molecule has 0 unspecified atom stereocenters. The molecule has 2 heterocycles. The van der Waals surface area contributed by atoms with Gasteiger partial charge in [0.1, 0.15) is 0 Å². The Morgan fingerprint density at radius 1 is 0.958 bits per heavy atom. The van der Waals surface area contributed by atoms with Crippen LogP contribution in [0.25, 0.3) is 0 Å². The second-order valence-corrected chi connectivity index (χ2v) is 5.68. The van der Waals surface area contributed by atoms with Crippen LogP contribution in [-0.2, 0) is 9.59 Å². The van der Waals surface area contributed by atoms with Crippen molar-refractivity contribution in [3.8, 4) is 0 Å². The summed E-state index contributed by atoms with van der Waals surface area (Å²) < 4.78 is 0. The van der Waals surface area contributed by atoms with E-state index in [1.807, 2.05) is 43.6 Å². The molecule has 2 aliphatic rings. The molecule has 2 fully saturated rings. The second kappa shape index (κ2) is 7.64. The van der Waals surface area contributed by atoms with Gasteiger partial charge in [-0.2, -0.15) is 0 Å². The summed E-state index contributed by atoms with van der Waals surface area (Å²) in [5, 5.41) is 2.90. The van der Waals surface area contributed by atoms with Crippen LogP contribution in [0.5, 0.6) is 0 Å². The van der Waals surface area contributed by atoms with Crippen molar-refractivity contribution in [1.82, 2.24) is 15.1 Å². The highest BCUT2D eigenvalue weighted by Crippen LogP contribution is 2.35. The number of nitrogens with zero attached hydrogens (tertiary/aromatic N) is 2. The summed E-state index contributed by atoms with van der Waals surface area (Å²) in [6.45, 7) is 3.89. The standard InChI is InChI=1S/C19H23N3O2/c1-14-12-16(19(24)21(14)3)17-13-15(18(23)22(17)4)10-8-6-5-7-9-11-20-2/h5-11,20H,1,12-13H2,2-4H3/b7-5+,8-6+,11-9+,15-10+,17-16-. The van der Waals surface area contributed by atoms with Crippen molar-refractivity contribution in [2.75, 3.05) is 21.1 Å². The normalized spacial score (nSPS) is 24.1. The van der Waals surface area contributed by atoms with Crippen LogP contribution in [0.4, 0.5) is 0 Å². The van der Waals surface area contributed by atoms with E-state index in [0.717, 1.165) is 11.4 Å². The number of carbonyl (C=O) groups excluding carboxylic acids is 2. The number of likely N-dealkylation sites (N-methyl/N-ethyl adjacent to an activating group) is 2. The van der Waals surface area contributed by atoms with E-state index in [1.165, 1.54) is 0 Å². The second-order valence-electron chi connectivity index (χ2n) is 5.68. The van der Waals surface area contributed by atoms with Gasteiger partial charge in [0.05, 0.1) is 0 Å². The number of hydrogen-bond acceptors (Lipinski definition) is 3. The first-order chi connectivity index (χ1) is 11.5. The molecule has 0 saturated carbocycles. The predicted molar refractivity (Wildman–Crippen MR) is 95.5 cm³/mol. The van der Waals surface area contributed by atoms with Gasteiger partial charge < -0.3 is 15.1 Å². The van der Waals surface area contributed by atoms with Crippen molar-refractivity contribution in [1.29, 1.82) is 0 Å². The molecule has 0 aromatic carbocycles. The summed E-state index contributed by atoms with van der Waals surface area (Å²) >= 11 is 0. The van der Waals surface area contributed by atoms with Gasteiger partial charge in [0.25, 0.3) is 11.8 Å². The Morgan fingerprint density at radius 2 is 1.62 bits per heavy atom. The molecule has 0 spiro atoms. The van der Waals surface area contributed by atoms with Crippen LogP contribution in [0.15, 0.2) is 71.8 Å². The number of amides is 2. The predicted octanol–water partition coefficient (Wildman–Crippen LogP) is 2.25. The van der Waals surface area contributed by atoms with Crippen LogP contribution in [0.1, 0.15) is 12.8 Å². The van der Waals surface area contributed by atoms with E-state index in [-0.39, 0.29) is 11.8 Å². The lowest BCUT2D eigenvalue weighted by molar-refractivity contribution is -0.123. The van der Waals surface area contributed by atoms with Crippen LogP contribution in [0.2, 0.25) is 0 Å². The van der Waals surface area contributed by atoms with E-state index in [1.54, 1.807) is 30.0 Å². The molecule has 5 heteroatoms. The lowest BCUT2D eigenvalue weighted by Crippen LogP contribution is -2.22. The molecule has 24 heavy (non-hydrogen) atoms. The van der Waals surface area contributed by atoms with Gasteiger partial charge in [0, 0.05) is 56.5 Å². The third-order valence-corrected chi connectivity index (χ3v) is 4.11. The Kier molecular flexibility index (Phi) is 5.58. The summed E-state index contributed by atoms with van der Waals surface area (Å²) in [6.07, 6.45) is 14.0. The summed E-state index contributed by atoms with van der Waals surface area (Å²) in [6, 6.07) is 0. The van der Waals surface area contributed by atoms with E-state index >= 15 is 0 Å². The van der Waals surface area contributed by atoms with E-state index in [0.29, 0.717) is 24.0 Å². The van der Waals surface area contributed by atoms with Crippen molar-refractivity contribution in [2.45, 2.75) is 12.8 Å². The number of allylic oxidation sites excluding steroid dienone is 8. The average molecular weight is 325 g/mol. The molecule has 1 N–H and O–H groups in total. The first-order valence-corrected chi connectivity index (χ1v) is 7.79. The van der Waals surface area contributed by atoms with Crippen molar-refractivity contribution in [3.63, 3.8) is 0 Å². The van der Waals surface area contributed by atoms with Gasteiger partial charge in [-0.05, 0) is 12.3 Å². The lowest BCUT2D eigenvalue weighted by Gasteiger charge is -2.12. The number of rotatable bonds is 4. The number of carbonyl (C=O) groups is 2. The molecule has 0 radical (unpaired) electrons. The van der Waals surface area contributed by atoms with Crippen molar-refractivity contribution in [3.05, 3.63) is 71.8 Å². The van der Waals surface area contributed by atoms with Gasteiger partial charge in [-0.15, -0.1) is 0 Å². The largest absolute Gasteiger partial charge is 0.394 e. The maximum atomic E-state index is 12.4. The quantitative estimate of drug-likeness (QED) is 0.637. The zero-order valence-corrected chi connectivity index (χ0v) is 14.4. The zero-order valence-electron chi connectivity index (χ0n) is 14.4. The van der Waals surface area contributed by atoms with Crippen LogP contribution < -0.4 is 5.32 Å². The molecule has 0 atom stereocenters. The fourth-order valence-electron chi connectivity index (χ4n) is 2.64. The van der Waals surface area contributed by atoms with Crippen LogP contribution in [-0.4, -0.2) is 42.8 Å². The Balaban J connectivity index is 2.15. The van der Waals surface area contributed by atoms with Gasteiger partial charge in [-0.25, -0.2) is 0 Å². The molecule has 126 valence electrons. The molecule has 2 amide bonds. The average Bonchev–Trinajstić information content (AvgIpc) is 2.99. The highest BCUT2D eigenvalue weighted by atomic mass is 16.2. The molecular weight excluding hydrogens is 302 g/mol. The first kappa shape index (κ1) is 17.5. The molecule has 0 aliphatic carbocycles. The summed E-state index contributed by atoms with van der Waals surface area (Å²) in [4.78, 5) is 27.7. The lowest BCUT2D eigenvalue weighted by atomic mass is 10.1. The maximum absolute atomic E-state index is 12.4. The Bertz CT molecular complexity index is 708. The third kappa shape index (κ3) is 3.56. The van der Waals surface area contributed by atoms with Crippen LogP contribution in [0, 0.1) is 0 Å². The van der Waals surface area contributed by atoms with Crippen LogP contribution >= 0.6 is 0 Å². The van der Waals surface area contributed by atoms with Gasteiger partial charge in [-0.1, -0.05) is 37.0 Å². The smallest absolute Gasteiger partial charge is 0.255 e. The summed E-state index contributed by atoms with van der Waals surface area (Å²) in [7, 11) is 5.26. The number of hydrogen-bond donors (Lipinski definition) is 1. The summed E-state index contributed by atoms with van der Waals surface area (Å²) in [5.41, 5.74) is 2.90. The van der Waals surface area contributed by atoms with E-state index in [9.17, 15) is 9.59 Å².